The summed E-state index contributed by atoms with van der Waals surface area (Å²) in [6, 6.07) is 17.2. The van der Waals surface area contributed by atoms with Crippen LogP contribution in [0.4, 0.5) is 18.9 Å². The predicted molar refractivity (Wildman–Crippen MR) is 154 cm³/mol. The lowest BCUT2D eigenvalue weighted by Crippen LogP contribution is -2.41. The van der Waals surface area contributed by atoms with E-state index in [9.17, 15) is 31.2 Å². The van der Waals surface area contributed by atoms with Crippen molar-refractivity contribution in [1.82, 2.24) is 16.0 Å². The fraction of sp³-hybridized carbons (Fsp3) is 0.286. The van der Waals surface area contributed by atoms with Gasteiger partial charge in [-0.15, -0.1) is 25.6 Å². The van der Waals surface area contributed by atoms with Gasteiger partial charge in [0.2, 0.25) is 5.91 Å². The summed E-state index contributed by atoms with van der Waals surface area (Å²) >= 11 is 0. The highest BCUT2D eigenvalue weighted by Gasteiger charge is 2.33. The van der Waals surface area contributed by atoms with Crippen molar-refractivity contribution in [1.29, 1.82) is 0 Å². The summed E-state index contributed by atoms with van der Waals surface area (Å²) in [5, 5.41) is 8.49. The lowest BCUT2D eigenvalue weighted by molar-refractivity contribution is -0.274. The van der Waals surface area contributed by atoms with Crippen molar-refractivity contribution >= 4 is 39.9 Å². The number of rotatable bonds is 11. The van der Waals surface area contributed by atoms with E-state index in [2.05, 4.69) is 20.7 Å². The Balaban J connectivity index is 0.00000506. The molecule has 1 fully saturated rings. The first-order valence-corrected chi connectivity index (χ1v) is 14.5. The highest BCUT2D eigenvalue weighted by atomic mass is 35.5. The molecular formula is C28H30ClF3N4O6S. The fourth-order valence-corrected chi connectivity index (χ4v) is 5.67. The van der Waals surface area contributed by atoms with Gasteiger partial charge in [-0.2, -0.15) is 8.42 Å². The van der Waals surface area contributed by atoms with Crippen LogP contribution in [0.1, 0.15) is 23.2 Å². The Hall–Kier alpha value is -4.01. The molecule has 0 radical (unpaired) electrons. The number of sulfonamides is 1. The van der Waals surface area contributed by atoms with E-state index in [1.54, 1.807) is 18.2 Å². The molecule has 1 saturated heterocycles. The molecule has 0 atom stereocenters. The normalized spacial score (nSPS) is 13.7. The van der Waals surface area contributed by atoms with E-state index in [0.29, 0.717) is 16.9 Å². The van der Waals surface area contributed by atoms with Crippen molar-refractivity contribution in [3.8, 4) is 11.5 Å². The molecule has 0 unspecified atom stereocenters. The van der Waals surface area contributed by atoms with E-state index in [-0.39, 0.29) is 36.0 Å². The maximum atomic E-state index is 13.9. The van der Waals surface area contributed by atoms with E-state index in [4.69, 9.17) is 4.84 Å². The van der Waals surface area contributed by atoms with Crippen LogP contribution >= 0.6 is 12.4 Å². The Labute approximate surface area is 253 Å². The molecule has 1 aliphatic rings. The minimum Gasteiger partial charge on any atom is -0.406 e. The van der Waals surface area contributed by atoms with Crippen LogP contribution in [0.15, 0.2) is 83.8 Å². The standard InChI is InChI=1S/C28H29F3N4O6S.ClH/c29-28(30,31)40-22-10-12-23(13-11-22)41-35(21-6-2-1-3-7-21)42(38,39)25-9-5-4-8-24(25)27(37)34-19-26(36)33-18-20-14-16-32-17-15-20;/h1-13,20,32H,14-19H2,(H,33,36)(H,34,37);1H. The smallest absolute Gasteiger partial charge is 0.406 e. The summed E-state index contributed by atoms with van der Waals surface area (Å²) in [5.41, 5.74) is -0.178. The van der Waals surface area contributed by atoms with Crippen LogP contribution in [0.25, 0.3) is 0 Å². The number of hydrogen-bond acceptors (Lipinski definition) is 7. The topological polar surface area (TPSA) is 126 Å². The van der Waals surface area contributed by atoms with Gasteiger partial charge in [0.25, 0.3) is 15.9 Å². The van der Waals surface area contributed by atoms with Crippen LogP contribution < -0.4 is 30.0 Å². The maximum absolute atomic E-state index is 13.9. The minimum absolute atomic E-state index is 0. The lowest BCUT2D eigenvalue weighted by atomic mass is 9.98. The van der Waals surface area contributed by atoms with Crippen molar-refractivity contribution < 1.29 is 40.8 Å². The highest BCUT2D eigenvalue weighted by Crippen LogP contribution is 2.30. The number of carbonyl (C=O) groups is 2. The van der Waals surface area contributed by atoms with Gasteiger partial charge in [-0.3, -0.25) is 9.59 Å². The van der Waals surface area contributed by atoms with Gasteiger partial charge >= 0.3 is 6.36 Å². The molecule has 15 heteroatoms. The van der Waals surface area contributed by atoms with Crippen LogP contribution in [0.5, 0.6) is 11.5 Å². The third-order valence-corrected chi connectivity index (χ3v) is 7.93. The first-order valence-electron chi connectivity index (χ1n) is 13.0. The Kier molecular flexibility index (Phi) is 11.6. The second kappa shape index (κ2) is 14.9. The predicted octanol–water partition coefficient (Wildman–Crippen LogP) is 4.04. The van der Waals surface area contributed by atoms with E-state index in [1.807, 2.05) is 0 Å². The zero-order chi connectivity index (χ0) is 30.2. The molecule has 43 heavy (non-hydrogen) atoms. The molecule has 0 aromatic heterocycles. The molecule has 10 nitrogen and oxygen atoms in total. The number of amides is 2. The summed E-state index contributed by atoms with van der Waals surface area (Å²) in [6.45, 7) is 1.88. The maximum Gasteiger partial charge on any atom is 0.573 e. The van der Waals surface area contributed by atoms with Gasteiger partial charge in [-0.1, -0.05) is 34.8 Å². The summed E-state index contributed by atoms with van der Waals surface area (Å²) in [7, 11) is -4.60. The molecule has 4 rings (SSSR count). The first-order chi connectivity index (χ1) is 20.0. The van der Waals surface area contributed by atoms with Crippen LogP contribution in [0.2, 0.25) is 0 Å². The number of para-hydroxylation sites is 1. The van der Waals surface area contributed by atoms with Crippen molar-refractivity contribution in [2.24, 2.45) is 5.92 Å². The van der Waals surface area contributed by atoms with Gasteiger partial charge in [-0.25, -0.2) is 0 Å². The van der Waals surface area contributed by atoms with Crippen molar-refractivity contribution in [3.63, 3.8) is 0 Å². The molecule has 0 aliphatic carbocycles. The molecule has 3 aromatic rings. The molecule has 3 aromatic carbocycles. The number of halogens is 4. The summed E-state index contributed by atoms with van der Waals surface area (Å²) in [5.74, 6) is -1.51. The van der Waals surface area contributed by atoms with Gasteiger partial charge in [-0.05, 0) is 80.4 Å². The molecule has 0 spiro atoms. The molecule has 3 N–H and O–H groups in total. The molecule has 1 aliphatic heterocycles. The molecule has 232 valence electrons. The van der Waals surface area contributed by atoms with Crippen molar-refractivity contribution in [3.05, 3.63) is 84.4 Å². The Morgan fingerprint density at radius 3 is 2.14 bits per heavy atom. The largest absolute Gasteiger partial charge is 0.573 e. The van der Waals surface area contributed by atoms with Gasteiger partial charge in [0.1, 0.15) is 10.6 Å². The molecule has 0 bridgehead atoms. The van der Waals surface area contributed by atoms with Gasteiger partial charge in [0.15, 0.2) is 5.75 Å². The van der Waals surface area contributed by atoms with Gasteiger partial charge in [0.05, 0.1) is 17.8 Å². The van der Waals surface area contributed by atoms with Crippen molar-refractivity contribution in [2.75, 3.05) is 30.6 Å². The quantitative estimate of drug-likeness (QED) is 0.270. The second-order valence-corrected chi connectivity index (χ2v) is 11.1. The molecule has 0 saturated carbocycles. The van der Waals surface area contributed by atoms with E-state index in [1.165, 1.54) is 36.4 Å². The summed E-state index contributed by atoms with van der Waals surface area (Å²) < 4.78 is 69.8. The van der Waals surface area contributed by atoms with E-state index >= 15 is 0 Å². The zero-order valence-corrected chi connectivity index (χ0v) is 24.3. The SMILES string of the molecule is Cl.O=C(CNC(=O)c1ccccc1S(=O)(=O)N(Oc1ccc(OC(F)(F)F)cc1)c1ccccc1)NCC1CCNCC1. The zero-order valence-electron chi connectivity index (χ0n) is 22.7. The lowest BCUT2D eigenvalue weighted by Gasteiger charge is -2.25. The summed E-state index contributed by atoms with van der Waals surface area (Å²) in [4.78, 5) is 30.6. The number of ether oxygens (including phenoxy) is 1. The number of alkyl halides is 3. The highest BCUT2D eigenvalue weighted by molar-refractivity contribution is 7.92. The third kappa shape index (κ3) is 9.49. The Morgan fingerprint density at radius 2 is 1.49 bits per heavy atom. The average Bonchev–Trinajstić information content (AvgIpc) is 2.98. The van der Waals surface area contributed by atoms with Crippen LogP contribution in [0, 0.1) is 5.92 Å². The fourth-order valence-electron chi connectivity index (χ4n) is 4.22. The first kappa shape index (κ1) is 33.5. The Bertz CT molecular complexity index is 1470. The molecular weight excluding hydrogens is 613 g/mol. The van der Waals surface area contributed by atoms with Crippen molar-refractivity contribution in [2.45, 2.75) is 24.1 Å². The van der Waals surface area contributed by atoms with E-state index < -0.39 is 38.8 Å². The number of nitrogens with one attached hydrogen (secondary N) is 3. The monoisotopic (exact) mass is 642 g/mol. The minimum atomic E-state index is -4.90. The van der Waals surface area contributed by atoms with Crippen LogP contribution in [-0.2, 0) is 14.8 Å². The Morgan fingerprint density at radius 1 is 0.884 bits per heavy atom. The number of nitrogens with zero attached hydrogens (tertiary/aromatic N) is 1. The van der Waals surface area contributed by atoms with Gasteiger partial charge < -0.3 is 25.5 Å². The molecule has 2 amide bonds. The van der Waals surface area contributed by atoms with Crippen LogP contribution in [-0.4, -0.2) is 52.8 Å². The number of anilines is 1. The van der Waals surface area contributed by atoms with E-state index in [0.717, 1.165) is 50.2 Å². The van der Waals surface area contributed by atoms with Gasteiger partial charge in [0, 0.05) is 6.54 Å². The third-order valence-electron chi connectivity index (χ3n) is 6.30. The number of hydrogen-bond donors (Lipinski definition) is 3. The number of piperidine rings is 1. The summed E-state index contributed by atoms with van der Waals surface area (Å²) in [6.07, 6.45) is -3.04. The molecule has 1 heterocycles. The second-order valence-electron chi connectivity index (χ2n) is 9.35. The number of carbonyl (C=O) groups excluding carboxylic acids is 2. The average molecular weight is 643 g/mol. The van der Waals surface area contributed by atoms with Crippen LogP contribution in [0.3, 0.4) is 0 Å². The number of benzene rings is 3.